The highest BCUT2D eigenvalue weighted by Gasteiger charge is 2.30. The van der Waals surface area contributed by atoms with Gasteiger partial charge in [-0.25, -0.2) is 0 Å². The van der Waals surface area contributed by atoms with E-state index in [2.05, 4.69) is 0 Å². The molecule has 5 nitrogen and oxygen atoms in total. The lowest BCUT2D eigenvalue weighted by Gasteiger charge is -2.38. The molecular formula is C10H18N2O3. The highest BCUT2D eigenvalue weighted by Crippen LogP contribution is 2.12. The lowest BCUT2D eigenvalue weighted by atomic mass is 10.1. The number of piperazine rings is 1. The molecule has 86 valence electrons. The van der Waals surface area contributed by atoms with Crippen LogP contribution in [0.5, 0.6) is 0 Å². The van der Waals surface area contributed by atoms with Gasteiger partial charge in [0.15, 0.2) is 0 Å². The van der Waals surface area contributed by atoms with Gasteiger partial charge < -0.3 is 10.0 Å². The van der Waals surface area contributed by atoms with Crippen LogP contribution in [0.2, 0.25) is 0 Å². The Balaban J connectivity index is 2.56. The Morgan fingerprint density at radius 2 is 2.20 bits per heavy atom. The SMILES string of the molecule is CC(CN1CCN(C)C(=O)C1C)C(=O)O. The molecule has 1 aliphatic rings. The van der Waals surface area contributed by atoms with Gasteiger partial charge in [-0.15, -0.1) is 0 Å². The van der Waals surface area contributed by atoms with Crippen molar-refractivity contribution < 1.29 is 14.7 Å². The Morgan fingerprint density at radius 1 is 1.60 bits per heavy atom. The topological polar surface area (TPSA) is 60.9 Å². The van der Waals surface area contributed by atoms with E-state index in [0.29, 0.717) is 13.1 Å². The zero-order valence-corrected chi connectivity index (χ0v) is 9.43. The molecule has 0 aromatic carbocycles. The molecule has 0 aromatic heterocycles. The number of rotatable bonds is 3. The number of carbonyl (C=O) groups excluding carboxylic acids is 1. The van der Waals surface area contributed by atoms with E-state index in [1.807, 2.05) is 11.8 Å². The first-order valence-electron chi connectivity index (χ1n) is 5.15. The Kier molecular flexibility index (Phi) is 3.68. The fourth-order valence-electron chi connectivity index (χ4n) is 1.74. The van der Waals surface area contributed by atoms with Gasteiger partial charge in [0.2, 0.25) is 5.91 Å². The van der Waals surface area contributed by atoms with Crippen molar-refractivity contribution in [3.63, 3.8) is 0 Å². The zero-order valence-electron chi connectivity index (χ0n) is 9.43. The van der Waals surface area contributed by atoms with Crippen molar-refractivity contribution in [1.29, 1.82) is 0 Å². The molecule has 1 rings (SSSR count). The molecule has 15 heavy (non-hydrogen) atoms. The van der Waals surface area contributed by atoms with Gasteiger partial charge in [-0.05, 0) is 6.92 Å². The molecule has 0 saturated carbocycles. The van der Waals surface area contributed by atoms with E-state index < -0.39 is 11.9 Å². The lowest BCUT2D eigenvalue weighted by Crippen LogP contribution is -2.55. The third-order valence-electron chi connectivity index (χ3n) is 2.93. The van der Waals surface area contributed by atoms with Gasteiger partial charge in [-0.2, -0.15) is 0 Å². The maximum absolute atomic E-state index is 11.6. The van der Waals surface area contributed by atoms with Crippen LogP contribution in [0, 0.1) is 5.92 Å². The number of hydrogen-bond acceptors (Lipinski definition) is 3. The highest BCUT2D eigenvalue weighted by molar-refractivity contribution is 5.82. The predicted octanol–water partition coefficient (Wildman–Crippen LogP) is -0.130. The van der Waals surface area contributed by atoms with Crippen LogP contribution in [-0.2, 0) is 9.59 Å². The van der Waals surface area contributed by atoms with Crippen LogP contribution in [0.15, 0.2) is 0 Å². The summed E-state index contributed by atoms with van der Waals surface area (Å²) in [7, 11) is 1.77. The summed E-state index contributed by atoms with van der Waals surface area (Å²) >= 11 is 0. The van der Waals surface area contributed by atoms with Crippen LogP contribution in [-0.4, -0.2) is 59.5 Å². The lowest BCUT2D eigenvalue weighted by molar-refractivity contribution is -0.145. The monoisotopic (exact) mass is 214 g/mol. The first kappa shape index (κ1) is 12.0. The van der Waals surface area contributed by atoms with Gasteiger partial charge in [-0.1, -0.05) is 6.92 Å². The number of carboxylic acids is 1. The Morgan fingerprint density at radius 3 is 2.73 bits per heavy atom. The van der Waals surface area contributed by atoms with Crippen molar-refractivity contribution in [1.82, 2.24) is 9.80 Å². The minimum Gasteiger partial charge on any atom is -0.481 e. The Labute approximate surface area is 89.7 Å². The fourth-order valence-corrected chi connectivity index (χ4v) is 1.74. The summed E-state index contributed by atoms with van der Waals surface area (Å²) in [5.74, 6) is -1.17. The summed E-state index contributed by atoms with van der Waals surface area (Å²) in [5, 5.41) is 8.79. The van der Waals surface area contributed by atoms with Crippen LogP contribution in [0.25, 0.3) is 0 Å². The van der Waals surface area contributed by atoms with Crippen molar-refractivity contribution in [2.75, 3.05) is 26.7 Å². The third kappa shape index (κ3) is 2.68. The zero-order chi connectivity index (χ0) is 11.6. The summed E-state index contributed by atoms with van der Waals surface area (Å²) in [4.78, 5) is 25.9. The van der Waals surface area contributed by atoms with Gasteiger partial charge >= 0.3 is 5.97 Å². The van der Waals surface area contributed by atoms with E-state index in [-0.39, 0.29) is 11.9 Å². The van der Waals surface area contributed by atoms with Crippen molar-refractivity contribution in [3.8, 4) is 0 Å². The van der Waals surface area contributed by atoms with Gasteiger partial charge in [0.25, 0.3) is 0 Å². The van der Waals surface area contributed by atoms with Crippen molar-refractivity contribution >= 4 is 11.9 Å². The van der Waals surface area contributed by atoms with Crippen LogP contribution in [0.3, 0.4) is 0 Å². The molecule has 1 N–H and O–H groups in total. The molecule has 0 aromatic rings. The van der Waals surface area contributed by atoms with Gasteiger partial charge in [0.1, 0.15) is 0 Å². The normalized spacial score (nSPS) is 25.4. The molecule has 5 heteroatoms. The summed E-state index contributed by atoms with van der Waals surface area (Å²) in [6, 6.07) is -0.203. The molecule has 1 fully saturated rings. The molecule has 2 atom stereocenters. The molecule has 1 heterocycles. The van der Waals surface area contributed by atoms with Crippen LogP contribution < -0.4 is 0 Å². The second-order valence-electron chi connectivity index (χ2n) is 4.17. The number of carboxylic acid groups (broad SMARTS) is 1. The van der Waals surface area contributed by atoms with Gasteiger partial charge in [0.05, 0.1) is 12.0 Å². The van der Waals surface area contributed by atoms with Crippen molar-refractivity contribution in [2.45, 2.75) is 19.9 Å². The third-order valence-corrected chi connectivity index (χ3v) is 2.93. The van der Waals surface area contributed by atoms with Crippen LogP contribution in [0.1, 0.15) is 13.8 Å². The van der Waals surface area contributed by atoms with Crippen molar-refractivity contribution in [3.05, 3.63) is 0 Å². The number of likely N-dealkylation sites (N-methyl/N-ethyl adjacent to an activating group) is 1. The first-order chi connectivity index (χ1) is 6.93. The fraction of sp³-hybridized carbons (Fsp3) is 0.800. The van der Waals surface area contributed by atoms with E-state index in [4.69, 9.17) is 5.11 Å². The summed E-state index contributed by atoms with van der Waals surface area (Å²) < 4.78 is 0. The molecule has 1 saturated heterocycles. The van der Waals surface area contributed by atoms with E-state index >= 15 is 0 Å². The summed E-state index contributed by atoms with van der Waals surface area (Å²) in [6.07, 6.45) is 0. The van der Waals surface area contributed by atoms with E-state index in [1.165, 1.54) is 0 Å². The van der Waals surface area contributed by atoms with Gasteiger partial charge in [0, 0.05) is 26.7 Å². The molecule has 2 unspecified atom stereocenters. The molecule has 0 aliphatic carbocycles. The second kappa shape index (κ2) is 4.61. The van der Waals surface area contributed by atoms with E-state index in [1.54, 1.807) is 18.9 Å². The maximum atomic E-state index is 11.6. The Hall–Kier alpha value is -1.10. The average molecular weight is 214 g/mol. The predicted molar refractivity (Wildman–Crippen MR) is 55.5 cm³/mol. The summed E-state index contributed by atoms with van der Waals surface area (Å²) in [5.41, 5.74) is 0. The number of nitrogens with zero attached hydrogens (tertiary/aromatic N) is 2. The van der Waals surface area contributed by atoms with Crippen molar-refractivity contribution in [2.24, 2.45) is 5.92 Å². The smallest absolute Gasteiger partial charge is 0.307 e. The standard InChI is InChI=1S/C10H18N2O3/c1-7(10(14)15)6-12-5-4-11(3)9(13)8(12)2/h7-8H,4-6H2,1-3H3,(H,14,15). The number of carbonyl (C=O) groups is 2. The average Bonchev–Trinajstić information content (AvgIpc) is 2.18. The molecule has 0 spiro atoms. The molecule has 0 bridgehead atoms. The highest BCUT2D eigenvalue weighted by atomic mass is 16.4. The minimum absolute atomic E-state index is 0.0684. The van der Waals surface area contributed by atoms with Crippen LogP contribution >= 0.6 is 0 Å². The molecule has 1 amide bonds. The van der Waals surface area contributed by atoms with Crippen LogP contribution in [0.4, 0.5) is 0 Å². The number of amides is 1. The number of hydrogen-bond donors (Lipinski definition) is 1. The second-order valence-corrected chi connectivity index (χ2v) is 4.17. The quantitative estimate of drug-likeness (QED) is 0.711. The first-order valence-corrected chi connectivity index (χ1v) is 5.15. The number of aliphatic carboxylic acids is 1. The molecule has 1 aliphatic heterocycles. The van der Waals surface area contributed by atoms with Gasteiger partial charge in [-0.3, -0.25) is 14.5 Å². The molecule has 0 radical (unpaired) electrons. The Bertz CT molecular complexity index is 267. The maximum Gasteiger partial charge on any atom is 0.307 e. The van der Waals surface area contributed by atoms with E-state index in [0.717, 1.165) is 6.54 Å². The minimum atomic E-state index is -0.812. The van der Waals surface area contributed by atoms with E-state index in [9.17, 15) is 9.59 Å². The summed E-state index contributed by atoms with van der Waals surface area (Å²) in [6.45, 7) is 5.36. The largest absolute Gasteiger partial charge is 0.481 e. The molecular weight excluding hydrogens is 196 g/mol.